The Labute approximate surface area is 229 Å². The summed E-state index contributed by atoms with van der Waals surface area (Å²) in [7, 11) is 0. The highest BCUT2D eigenvalue weighted by Crippen LogP contribution is 2.15. The summed E-state index contributed by atoms with van der Waals surface area (Å²) in [6.07, 6.45) is 0.129. The molecule has 3 aromatic carbocycles. The van der Waals surface area contributed by atoms with Crippen LogP contribution < -0.4 is 10.6 Å². The van der Waals surface area contributed by atoms with Crippen molar-refractivity contribution in [2.45, 2.75) is 51.1 Å². The lowest BCUT2D eigenvalue weighted by Crippen LogP contribution is -2.53. The van der Waals surface area contributed by atoms with E-state index in [1.54, 1.807) is 0 Å². The highest BCUT2D eigenvalue weighted by Gasteiger charge is 2.28. The molecule has 0 spiro atoms. The van der Waals surface area contributed by atoms with E-state index in [4.69, 9.17) is 4.74 Å². The van der Waals surface area contributed by atoms with Crippen molar-refractivity contribution in [2.75, 3.05) is 5.75 Å². The maximum absolute atomic E-state index is 13.3. The molecule has 0 bridgehead atoms. The summed E-state index contributed by atoms with van der Waals surface area (Å²) < 4.78 is 5.33. The number of rotatable bonds is 14. The van der Waals surface area contributed by atoms with Crippen LogP contribution in [0.4, 0.5) is 4.79 Å². The van der Waals surface area contributed by atoms with Crippen molar-refractivity contribution in [3.63, 3.8) is 0 Å². The van der Waals surface area contributed by atoms with Crippen LogP contribution in [0.25, 0.3) is 0 Å². The average Bonchev–Trinajstić information content (AvgIpc) is 2.92. The number of ketones is 1. The van der Waals surface area contributed by atoms with Gasteiger partial charge in [0.05, 0.1) is 11.8 Å². The van der Waals surface area contributed by atoms with Gasteiger partial charge in [-0.1, -0.05) is 105 Å². The van der Waals surface area contributed by atoms with E-state index in [9.17, 15) is 14.4 Å². The smallest absolute Gasteiger partial charge is 0.408 e. The Morgan fingerprint density at radius 2 is 1.29 bits per heavy atom. The summed E-state index contributed by atoms with van der Waals surface area (Å²) in [5, 5.41) is 5.63. The third kappa shape index (κ3) is 10.4. The van der Waals surface area contributed by atoms with Crippen LogP contribution in [0.1, 0.15) is 37.0 Å². The molecule has 0 aliphatic carbocycles. The van der Waals surface area contributed by atoms with Crippen LogP contribution in [0.2, 0.25) is 0 Å². The Morgan fingerprint density at radius 3 is 1.87 bits per heavy atom. The fourth-order valence-corrected chi connectivity index (χ4v) is 4.85. The maximum atomic E-state index is 13.3. The van der Waals surface area contributed by atoms with E-state index in [-0.39, 0.29) is 24.1 Å². The van der Waals surface area contributed by atoms with Gasteiger partial charge < -0.3 is 15.4 Å². The predicted octanol–water partition coefficient (Wildman–Crippen LogP) is 5.56. The number of ether oxygens (including phenoxy) is 1. The van der Waals surface area contributed by atoms with Crippen molar-refractivity contribution in [3.05, 3.63) is 108 Å². The Morgan fingerprint density at radius 1 is 0.737 bits per heavy atom. The van der Waals surface area contributed by atoms with E-state index in [2.05, 4.69) is 10.6 Å². The number of amides is 2. The SMILES string of the molecule is CC(C)C[C@H](NC(=O)OCc1ccccc1)C(=O)N[C@@H](Cc1ccccc1)C(=O)CSCc1ccccc1. The van der Waals surface area contributed by atoms with E-state index in [0.717, 1.165) is 16.7 Å². The van der Waals surface area contributed by atoms with Gasteiger partial charge in [-0.2, -0.15) is 0 Å². The summed E-state index contributed by atoms with van der Waals surface area (Å²) in [6.45, 7) is 4.06. The van der Waals surface area contributed by atoms with Crippen LogP contribution in [0.15, 0.2) is 91.0 Å². The molecule has 0 heterocycles. The Balaban J connectivity index is 1.63. The second kappa shape index (κ2) is 15.6. The molecule has 7 heteroatoms. The van der Waals surface area contributed by atoms with Crippen LogP contribution in [0, 0.1) is 5.92 Å². The number of nitrogens with one attached hydrogen (secondary N) is 2. The predicted molar refractivity (Wildman–Crippen MR) is 153 cm³/mol. The summed E-state index contributed by atoms with van der Waals surface area (Å²) in [6, 6.07) is 27.4. The van der Waals surface area contributed by atoms with Crippen LogP contribution in [0.3, 0.4) is 0 Å². The van der Waals surface area contributed by atoms with Gasteiger partial charge in [-0.3, -0.25) is 9.59 Å². The molecule has 2 amide bonds. The molecular formula is C31H36N2O4S. The van der Waals surface area contributed by atoms with E-state index >= 15 is 0 Å². The van der Waals surface area contributed by atoms with Crippen molar-refractivity contribution in [2.24, 2.45) is 5.92 Å². The second-order valence-electron chi connectivity index (χ2n) is 9.58. The molecule has 2 atom stereocenters. The number of alkyl carbamates (subject to hydrolysis) is 1. The highest BCUT2D eigenvalue weighted by atomic mass is 32.2. The quantitative estimate of drug-likeness (QED) is 0.284. The van der Waals surface area contributed by atoms with Crippen molar-refractivity contribution in [1.82, 2.24) is 10.6 Å². The van der Waals surface area contributed by atoms with Gasteiger partial charge >= 0.3 is 6.09 Å². The van der Waals surface area contributed by atoms with Gasteiger partial charge in [-0.25, -0.2) is 4.79 Å². The van der Waals surface area contributed by atoms with Gasteiger partial charge in [-0.05, 0) is 35.4 Å². The van der Waals surface area contributed by atoms with Gasteiger partial charge in [0.25, 0.3) is 0 Å². The number of carbonyl (C=O) groups is 3. The minimum absolute atomic E-state index is 0.0573. The van der Waals surface area contributed by atoms with Gasteiger partial charge in [0, 0.05) is 5.75 Å². The van der Waals surface area contributed by atoms with E-state index in [1.165, 1.54) is 11.8 Å². The molecule has 0 aromatic heterocycles. The number of thioether (sulfide) groups is 1. The first kappa shape index (κ1) is 29.0. The molecule has 0 aliphatic rings. The number of carbonyl (C=O) groups excluding carboxylic acids is 3. The molecule has 3 aromatic rings. The monoisotopic (exact) mass is 532 g/mol. The first-order valence-corrected chi connectivity index (χ1v) is 14.0. The van der Waals surface area contributed by atoms with Crippen molar-refractivity contribution in [3.8, 4) is 0 Å². The zero-order valence-electron chi connectivity index (χ0n) is 22.0. The lowest BCUT2D eigenvalue weighted by Gasteiger charge is -2.24. The Kier molecular flexibility index (Phi) is 11.9. The zero-order chi connectivity index (χ0) is 27.2. The maximum Gasteiger partial charge on any atom is 0.408 e. The molecule has 0 aliphatic heterocycles. The molecule has 38 heavy (non-hydrogen) atoms. The van der Waals surface area contributed by atoms with Crippen molar-refractivity contribution in [1.29, 1.82) is 0 Å². The largest absolute Gasteiger partial charge is 0.445 e. The third-order valence-corrected chi connectivity index (χ3v) is 6.90. The molecule has 0 saturated carbocycles. The average molecular weight is 533 g/mol. The zero-order valence-corrected chi connectivity index (χ0v) is 22.8. The van der Waals surface area contributed by atoms with E-state index < -0.39 is 24.1 Å². The third-order valence-electron chi connectivity index (χ3n) is 5.87. The topological polar surface area (TPSA) is 84.5 Å². The first-order chi connectivity index (χ1) is 18.4. The lowest BCUT2D eigenvalue weighted by atomic mass is 10.00. The molecule has 0 fully saturated rings. The summed E-state index contributed by atoms with van der Waals surface area (Å²) >= 11 is 1.52. The summed E-state index contributed by atoms with van der Waals surface area (Å²) in [5.41, 5.74) is 2.95. The number of Topliss-reactive ketones (excluding diaryl/α,β-unsaturated/α-hetero) is 1. The van der Waals surface area contributed by atoms with E-state index in [0.29, 0.717) is 18.6 Å². The normalized spacial score (nSPS) is 12.4. The van der Waals surface area contributed by atoms with Crippen LogP contribution in [0.5, 0.6) is 0 Å². The molecule has 0 unspecified atom stereocenters. The van der Waals surface area contributed by atoms with Gasteiger partial charge in [-0.15, -0.1) is 11.8 Å². The number of benzene rings is 3. The van der Waals surface area contributed by atoms with E-state index in [1.807, 2.05) is 105 Å². The summed E-state index contributed by atoms with van der Waals surface area (Å²) in [4.78, 5) is 39.1. The molecule has 0 saturated heterocycles. The van der Waals surface area contributed by atoms with Crippen LogP contribution >= 0.6 is 11.8 Å². The Bertz CT molecular complexity index is 1140. The highest BCUT2D eigenvalue weighted by molar-refractivity contribution is 7.99. The number of hydrogen-bond donors (Lipinski definition) is 2. The van der Waals surface area contributed by atoms with Crippen LogP contribution in [-0.2, 0) is 33.1 Å². The fraction of sp³-hybridized carbons (Fsp3) is 0.323. The standard InChI is InChI=1S/C31H36N2O4S/c1-23(2)18-28(33-31(36)37-20-25-14-8-4-9-15-25)30(35)32-27(19-24-12-6-3-7-13-24)29(34)22-38-21-26-16-10-5-11-17-26/h3-17,23,27-28H,18-22H2,1-2H3,(H,32,35)(H,33,36)/t27-,28-/m0/s1. The molecule has 6 nitrogen and oxygen atoms in total. The van der Waals surface area contributed by atoms with Gasteiger partial charge in [0.1, 0.15) is 12.6 Å². The lowest BCUT2D eigenvalue weighted by molar-refractivity contribution is -0.128. The molecule has 200 valence electrons. The molecular weight excluding hydrogens is 496 g/mol. The second-order valence-corrected chi connectivity index (χ2v) is 10.6. The van der Waals surface area contributed by atoms with Crippen LogP contribution in [-0.4, -0.2) is 35.6 Å². The molecule has 3 rings (SSSR count). The number of hydrogen-bond acceptors (Lipinski definition) is 5. The first-order valence-electron chi connectivity index (χ1n) is 12.9. The molecule has 2 N–H and O–H groups in total. The van der Waals surface area contributed by atoms with Gasteiger partial charge in [0.15, 0.2) is 5.78 Å². The molecule has 0 radical (unpaired) electrons. The van der Waals surface area contributed by atoms with Crippen molar-refractivity contribution >= 4 is 29.5 Å². The van der Waals surface area contributed by atoms with Gasteiger partial charge in [0.2, 0.25) is 5.91 Å². The fourth-order valence-electron chi connectivity index (χ4n) is 3.92. The summed E-state index contributed by atoms with van der Waals surface area (Å²) in [5.74, 6) is 0.679. The minimum Gasteiger partial charge on any atom is -0.445 e. The van der Waals surface area contributed by atoms with Crippen molar-refractivity contribution < 1.29 is 19.1 Å². The minimum atomic E-state index is -0.818. The Hall–Kier alpha value is -3.58.